The van der Waals surface area contributed by atoms with Gasteiger partial charge in [-0.15, -0.1) is 0 Å². The van der Waals surface area contributed by atoms with Gasteiger partial charge in [-0.05, 0) is 62.1 Å². The molecule has 2 heterocycles. The van der Waals surface area contributed by atoms with E-state index in [1.807, 2.05) is 37.3 Å². The van der Waals surface area contributed by atoms with Gasteiger partial charge in [0.05, 0.1) is 0 Å². The number of hydrogen-bond acceptors (Lipinski definition) is 4. The third kappa shape index (κ3) is 3.41. The number of aromatic nitrogens is 1. The van der Waals surface area contributed by atoms with Gasteiger partial charge >= 0.3 is 0 Å². The molecule has 4 rings (SSSR count). The molecule has 2 aromatic rings. The topological polar surface area (TPSA) is 76.3 Å². The third-order valence-corrected chi connectivity index (χ3v) is 4.99. The van der Waals surface area contributed by atoms with Gasteiger partial charge in [0.15, 0.2) is 11.5 Å². The highest BCUT2D eigenvalue weighted by Crippen LogP contribution is 2.38. The molecule has 1 fully saturated rings. The second kappa shape index (κ2) is 6.84. The lowest BCUT2D eigenvalue weighted by molar-refractivity contribution is -0.117. The Kier molecular flexibility index (Phi) is 4.36. The van der Waals surface area contributed by atoms with Crippen molar-refractivity contribution in [2.24, 2.45) is 0 Å². The molecule has 0 spiro atoms. The molecule has 2 aliphatic rings. The summed E-state index contributed by atoms with van der Waals surface area (Å²) in [5.74, 6) is 0.991. The summed E-state index contributed by atoms with van der Waals surface area (Å²) in [7, 11) is 0. The molecule has 0 radical (unpaired) electrons. The highest BCUT2D eigenvalue weighted by atomic mass is 16.7. The summed E-state index contributed by atoms with van der Waals surface area (Å²) < 4.78 is 12.9. The molecule has 1 saturated carbocycles. The first-order chi connectivity index (χ1) is 13.1. The van der Waals surface area contributed by atoms with Crippen molar-refractivity contribution in [1.82, 2.24) is 9.88 Å². The van der Waals surface area contributed by atoms with Gasteiger partial charge in [-0.3, -0.25) is 4.79 Å². The zero-order chi connectivity index (χ0) is 19.0. The number of fused-ring (bicyclic) bond motifs is 1. The van der Waals surface area contributed by atoms with E-state index in [0.717, 1.165) is 16.8 Å². The second-order valence-corrected chi connectivity index (χ2v) is 6.97. The molecule has 0 bridgehead atoms. The second-order valence-electron chi connectivity index (χ2n) is 6.97. The number of nitrogens with zero attached hydrogens (tertiary/aromatic N) is 2. The summed E-state index contributed by atoms with van der Waals surface area (Å²) in [6, 6.07) is 10.1. The largest absolute Gasteiger partial charge is 0.454 e. The molecule has 0 unspecified atom stereocenters. The summed E-state index contributed by atoms with van der Waals surface area (Å²) in [5, 5.41) is 12.3. The minimum atomic E-state index is -0.383. The van der Waals surface area contributed by atoms with E-state index < -0.39 is 0 Å². The molecule has 1 aliphatic heterocycles. The van der Waals surface area contributed by atoms with Crippen molar-refractivity contribution in [1.29, 1.82) is 5.26 Å². The monoisotopic (exact) mass is 363 g/mol. The number of carbonyl (C=O) groups is 1. The Balaban J connectivity index is 1.47. The summed E-state index contributed by atoms with van der Waals surface area (Å²) in [5.41, 5.74) is 4.18. The van der Waals surface area contributed by atoms with Gasteiger partial charge in [0, 0.05) is 24.0 Å². The SMILES string of the molecule is Cc1cc(/C=C(\C#N)C(=O)NCc2ccc3c(c2)OCO3)c(C)n1C1CC1. The van der Waals surface area contributed by atoms with Crippen molar-refractivity contribution >= 4 is 12.0 Å². The van der Waals surface area contributed by atoms with Crippen LogP contribution in [0, 0.1) is 25.2 Å². The highest BCUT2D eigenvalue weighted by molar-refractivity contribution is 6.01. The lowest BCUT2D eigenvalue weighted by Crippen LogP contribution is -2.23. The molecule has 1 aromatic carbocycles. The molecule has 138 valence electrons. The number of aryl methyl sites for hydroxylation is 1. The van der Waals surface area contributed by atoms with E-state index in [9.17, 15) is 10.1 Å². The Morgan fingerprint density at radius 2 is 2.07 bits per heavy atom. The molecule has 6 nitrogen and oxygen atoms in total. The predicted molar refractivity (Wildman–Crippen MR) is 100 cm³/mol. The molecule has 1 amide bonds. The van der Waals surface area contributed by atoms with E-state index in [2.05, 4.69) is 16.8 Å². The van der Waals surface area contributed by atoms with E-state index in [-0.39, 0.29) is 18.3 Å². The molecule has 1 aromatic heterocycles. The molecule has 27 heavy (non-hydrogen) atoms. The molecule has 1 N–H and O–H groups in total. The highest BCUT2D eigenvalue weighted by Gasteiger charge is 2.26. The Labute approximate surface area is 158 Å². The normalized spacial score (nSPS) is 15.5. The maximum absolute atomic E-state index is 12.5. The van der Waals surface area contributed by atoms with Crippen molar-refractivity contribution in [3.8, 4) is 17.6 Å². The van der Waals surface area contributed by atoms with Gasteiger partial charge in [-0.25, -0.2) is 0 Å². The maximum Gasteiger partial charge on any atom is 0.262 e. The van der Waals surface area contributed by atoms with Crippen molar-refractivity contribution in [2.45, 2.75) is 39.3 Å². The van der Waals surface area contributed by atoms with Crippen molar-refractivity contribution in [2.75, 3.05) is 6.79 Å². The minimum absolute atomic E-state index is 0.104. The quantitative estimate of drug-likeness (QED) is 0.653. The van der Waals surface area contributed by atoms with Crippen LogP contribution in [0.5, 0.6) is 11.5 Å². The van der Waals surface area contributed by atoms with Gasteiger partial charge in [-0.2, -0.15) is 5.26 Å². The van der Waals surface area contributed by atoms with Crippen LogP contribution in [-0.4, -0.2) is 17.3 Å². The third-order valence-electron chi connectivity index (χ3n) is 4.99. The molecular weight excluding hydrogens is 342 g/mol. The average molecular weight is 363 g/mol. The molecule has 0 atom stereocenters. The number of nitriles is 1. The molecule has 6 heteroatoms. The van der Waals surface area contributed by atoms with Crippen LogP contribution in [0.15, 0.2) is 29.8 Å². The molecule has 1 aliphatic carbocycles. The van der Waals surface area contributed by atoms with Crippen molar-refractivity contribution in [3.05, 3.63) is 52.4 Å². The lowest BCUT2D eigenvalue weighted by atomic mass is 10.1. The van der Waals surface area contributed by atoms with Crippen LogP contribution in [0.1, 0.15) is 41.4 Å². The lowest BCUT2D eigenvalue weighted by Gasteiger charge is -2.07. The van der Waals surface area contributed by atoms with Crippen molar-refractivity contribution in [3.63, 3.8) is 0 Å². The average Bonchev–Trinajstić information content (AvgIpc) is 3.30. The van der Waals surface area contributed by atoms with Crippen LogP contribution in [0.3, 0.4) is 0 Å². The number of hydrogen-bond donors (Lipinski definition) is 1. The summed E-state index contributed by atoms with van der Waals surface area (Å²) in [4.78, 5) is 12.5. The number of rotatable bonds is 5. The Morgan fingerprint density at radius 3 is 2.81 bits per heavy atom. The van der Waals surface area contributed by atoms with E-state index in [1.165, 1.54) is 18.5 Å². The summed E-state index contributed by atoms with van der Waals surface area (Å²) in [6.07, 6.45) is 4.07. The van der Waals surface area contributed by atoms with E-state index in [4.69, 9.17) is 9.47 Å². The zero-order valence-corrected chi connectivity index (χ0v) is 15.4. The van der Waals surface area contributed by atoms with Gasteiger partial charge in [0.25, 0.3) is 5.91 Å². The van der Waals surface area contributed by atoms with Crippen LogP contribution in [0.2, 0.25) is 0 Å². The first kappa shape index (κ1) is 17.2. The van der Waals surface area contributed by atoms with Crippen LogP contribution in [0.4, 0.5) is 0 Å². The number of ether oxygens (including phenoxy) is 2. The fraction of sp³-hybridized carbons (Fsp3) is 0.333. The van der Waals surface area contributed by atoms with Crippen LogP contribution < -0.4 is 14.8 Å². The standard InChI is InChI=1S/C21H21N3O3/c1-13-7-16(14(2)24(13)18-4-5-18)9-17(10-22)21(25)23-11-15-3-6-19-20(8-15)27-12-26-19/h3,6-9,18H,4-5,11-12H2,1-2H3,(H,23,25)/b17-9+. The number of amides is 1. The van der Waals surface area contributed by atoms with E-state index >= 15 is 0 Å². The van der Waals surface area contributed by atoms with E-state index in [0.29, 0.717) is 24.1 Å². The first-order valence-electron chi connectivity index (χ1n) is 9.04. The number of nitrogens with one attached hydrogen (secondary N) is 1. The Morgan fingerprint density at radius 1 is 1.30 bits per heavy atom. The van der Waals surface area contributed by atoms with Crippen molar-refractivity contribution < 1.29 is 14.3 Å². The van der Waals surface area contributed by atoms with Gasteiger partial charge in [0.1, 0.15) is 11.6 Å². The van der Waals surface area contributed by atoms with E-state index in [1.54, 1.807) is 6.08 Å². The Hall–Kier alpha value is -3.20. The van der Waals surface area contributed by atoms with Gasteiger partial charge in [0.2, 0.25) is 6.79 Å². The summed E-state index contributed by atoms with van der Waals surface area (Å²) in [6.45, 7) is 4.63. The maximum atomic E-state index is 12.5. The molecule has 0 saturated heterocycles. The number of benzene rings is 1. The van der Waals surface area contributed by atoms with Crippen LogP contribution in [0.25, 0.3) is 6.08 Å². The van der Waals surface area contributed by atoms with Gasteiger partial charge in [-0.1, -0.05) is 6.07 Å². The zero-order valence-electron chi connectivity index (χ0n) is 15.4. The fourth-order valence-electron chi connectivity index (χ4n) is 3.48. The van der Waals surface area contributed by atoms with Crippen LogP contribution >= 0.6 is 0 Å². The minimum Gasteiger partial charge on any atom is -0.454 e. The predicted octanol–water partition coefficient (Wildman–Crippen LogP) is 3.39. The summed E-state index contributed by atoms with van der Waals surface area (Å²) >= 11 is 0. The smallest absolute Gasteiger partial charge is 0.262 e. The first-order valence-corrected chi connectivity index (χ1v) is 9.04. The number of carbonyl (C=O) groups excluding carboxylic acids is 1. The molecular formula is C21H21N3O3. The van der Waals surface area contributed by atoms with Gasteiger partial charge < -0.3 is 19.4 Å². The Bertz CT molecular complexity index is 977. The van der Waals surface area contributed by atoms with Crippen LogP contribution in [-0.2, 0) is 11.3 Å². The fourth-order valence-corrected chi connectivity index (χ4v) is 3.48.